The molecule has 164 valence electrons. The Bertz CT molecular complexity index is 1190. The number of amides is 5. The van der Waals surface area contributed by atoms with E-state index in [0.29, 0.717) is 28.2 Å². The molecule has 1 unspecified atom stereocenters. The van der Waals surface area contributed by atoms with Gasteiger partial charge in [0.2, 0.25) is 5.66 Å². The van der Waals surface area contributed by atoms with Crippen LogP contribution in [-0.2, 0) is 17.9 Å². The van der Waals surface area contributed by atoms with Crippen LogP contribution < -0.4 is 20.1 Å². The molecule has 3 aliphatic heterocycles. The lowest BCUT2D eigenvalue weighted by Crippen LogP contribution is -2.66. The number of urea groups is 1. The highest BCUT2D eigenvalue weighted by Gasteiger charge is 2.56. The summed E-state index contributed by atoms with van der Waals surface area (Å²) < 4.78 is 10.5. The lowest BCUT2D eigenvalue weighted by atomic mass is 10.1. The van der Waals surface area contributed by atoms with E-state index >= 15 is 0 Å². The molecule has 1 fully saturated rings. The molecule has 0 saturated carbocycles. The monoisotopic (exact) mass is 436 g/mol. The largest absolute Gasteiger partial charge is 0.497 e. The fourth-order valence-corrected chi connectivity index (χ4v) is 4.49. The summed E-state index contributed by atoms with van der Waals surface area (Å²) in [6.07, 6.45) is 0. The first-order valence-corrected chi connectivity index (χ1v) is 9.95. The van der Waals surface area contributed by atoms with Crippen molar-refractivity contribution in [1.82, 2.24) is 20.4 Å². The van der Waals surface area contributed by atoms with E-state index < -0.39 is 23.5 Å². The number of fused-ring (bicyclic) bond motifs is 2. The number of imide groups is 1. The van der Waals surface area contributed by atoms with Gasteiger partial charge in [-0.1, -0.05) is 0 Å². The molecule has 0 radical (unpaired) electrons. The summed E-state index contributed by atoms with van der Waals surface area (Å²) in [5, 5.41) is 4.82. The number of hydrogen-bond donors (Lipinski definition) is 2. The van der Waals surface area contributed by atoms with Crippen LogP contribution in [0.2, 0.25) is 0 Å². The minimum absolute atomic E-state index is 0.0852. The molecular formula is C22H20N4O6. The standard InChI is InChI=1S/C22H20N4O6/c1-31-14-3-5-16-12(7-14)9-25(18(16)27)11-22(20(29)23-21(30)24-22)26-10-13-8-15(32-2)4-6-17(13)19(26)28/h3-8H,9-11H2,1-2H3,(H2,23,24,29,30). The third kappa shape index (κ3) is 2.79. The van der Waals surface area contributed by atoms with Gasteiger partial charge >= 0.3 is 6.03 Å². The van der Waals surface area contributed by atoms with E-state index in [0.717, 1.165) is 5.56 Å². The smallest absolute Gasteiger partial charge is 0.323 e. The molecule has 3 heterocycles. The van der Waals surface area contributed by atoms with Gasteiger partial charge in [-0.2, -0.15) is 0 Å². The third-order valence-electron chi connectivity index (χ3n) is 6.11. The van der Waals surface area contributed by atoms with E-state index in [1.807, 2.05) is 0 Å². The highest BCUT2D eigenvalue weighted by atomic mass is 16.5. The normalized spacial score (nSPS) is 21.4. The number of rotatable bonds is 5. The Labute approximate surface area is 183 Å². The summed E-state index contributed by atoms with van der Waals surface area (Å²) in [5.41, 5.74) is 0.590. The molecule has 10 heteroatoms. The van der Waals surface area contributed by atoms with Gasteiger partial charge in [0.25, 0.3) is 17.7 Å². The zero-order valence-electron chi connectivity index (χ0n) is 17.4. The van der Waals surface area contributed by atoms with Gasteiger partial charge in [-0.15, -0.1) is 0 Å². The van der Waals surface area contributed by atoms with Crippen LogP contribution in [-0.4, -0.2) is 60.0 Å². The molecule has 0 aliphatic carbocycles. The molecule has 3 aliphatic rings. The summed E-state index contributed by atoms with van der Waals surface area (Å²) in [4.78, 5) is 54.2. The summed E-state index contributed by atoms with van der Waals surface area (Å²) in [6.45, 7) is 0.109. The minimum atomic E-state index is -1.73. The number of carbonyl (C=O) groups excluding carboxylic acids is 4. The summed E-state index contributed by atoms with van der Waals surface area (Å²) in [7, 11) is 3.06. The van der Waals surface area contributed by atoms with Crippen molar-refractivity contribution >= 4 is 23.8 Å². The highest BCUT2D eigenvalue weighted by molar-refractivity contribution is 6.11. The van der Waals surface area contributed by atoms with Gasteiger partial charge in [-0.25, -0.2) is 4.79 Å². The van der Waals surface area contributed by atoms with E-state index in [4.69, 9.17) is 9.47 Å². The lowest BCUT2D eigenvalue weighted by Gasteiger charge is -2.38. The van der Waals surface area contributed by atoms with Crippen LogP contribution in [0.25, 0.3) is 0 Å². The first-order valence-electron chi connectivity index (χ1n) is 9.95. The van der Waals surface area contributed by atoms with Crippen LogP contribution in [0.15, 0.2) is 36.4 Å². The Kier molecular flexibility index (Phi) is 4.33. The number of nitrogens with one attached hydrogen (secondary N) is 2. The Morgan fingerprint density at radius 1 is 0.875 bits per heavy atom. The molecule has 10 nitrogen and oxygen atoms in total. The van der Waals surface area contributed by atoms with Crippen molar-refractivity contribution in [3.63, 3.8) is 0 Å². The number of nitrogens with zero attached hydrogens (tertiary/aromatic N) is 2. The van der Waals surface area contributed by atoms with Gasteiger partial charge in [-0.05, 0) is 47.5 Å². The second-order valence-electron chi connectivity index (χ2n) is 7.87. The van der Waals surface area contributed by atoms with Crippen LogP contribution in [0.5, 0.6) is 11.5 Å². The Hall–Kier alpha value is -4.08. The molecule has 0 bridgehead atoms. The molecule has 0 aromatic heterocycles. The van der Waals surface area contributed by atoms with E-state index in [-0.39, 0.29) is 25.5 Å². The molecule has 2 aromatic carbocycles. The third-order valence-corrected chi connectivity index (χ3v) is 6.11. The predicted octanol–water partition coefficient (Wildman–Crippen LogP) is 0.851. The molecule has 0 spiro atoms. The maximum Gasteiger partial charge on any atom is 0.323 e. The van der Waals surface area contributed by atoms with Crippen LogP contribution in [0.1, 0.15) is 31.8 Å². The molecule has 1 saturated heterocycles. The molecule has 2 aromatic rings. The average molecular weight is 436 g/mol. The van der Waals surface area contributed by atoms with Crippen molar-refractivity contribution in [3.05, 3.63) is 58.7 Å². The Morgan fingerprint density at radius 3 is 2.03 bits per heavy atom. The van der Waals surface area contributed by atoms with Crippen molar-refractivity contribution in [2.45, 2.75) is 18.8 Å². The maximum absolute atomic E-state index is 13.2. The molecule has 5 amide bonds. The predicted molar refractivity (Wildman–Crippen MR) is 110 cm³/mol. The van der Waals surface area contributed by atoms with E-state index in [9.17, 15) is 19.2 Å². The minimum Gasteiger partial charge on any atom is -0.497 e. The SMILES string of the molecule is COc1ccc2c(c1)CN(CC1(N3Cc4cc(OC)ccc4C3=O)NC(=O)NC1=O)C2=O. The van der Waals surface area contributed by atoms with Crippen molar-refractivity contribution in [1.29, 1.82) is 0 Å². The van der Waals surface area contributed by atoms with Gasteiger partial charge in [0.15, 0.2) is 0 Å². The van der Waals surface area contributed by atoms with Crippen molar-refractivity contribution < 1.29 is 28.7 Å². The summed E-state index contributed by atoms with van der Waals surface area (Å²) in [5.74, 6) is -0.199. The van der Waals surface area contributed by atoms with Crippen molar-refractivity contribution in [2.24, 2.45) is 0 Å². The zero-order valence-corrected chi connectivity index (χ0v) is 17.4. The number of benzene rings is 2. The molecule has 32 heavy (non-hydrogen) atoms. The molecular weight excluding hydrogens is 416 g/mol. The fourth-order valence-electron chi connectivity index (χ4n) is 4.49. The van der Waals surface area contributed by atoms with Crippen LogP contribution in [0.4, 0.5) is 4.79 Å². The first-order chi connectivity index (χ1) is 15.4. The molecule has 5 rings (SSSR count). The van der Waals surface area contributed by atoms with Crippen molar-refractivity contribution in [2.75, 3.05) is 20.8 Å². The van der Waals surface area contributed by atoms with Crippen LogP contribution in [0, 0.1) is 0 Å². The van der Waals surface area contributed by atoms with Gasteiger partial charge in [0.1, 0.15) is 11.5 Å². The van der Waals surface area contributed by atoms with Gasteiger partial charge < -0.3 is 24.6 Å². The number of carbonyl (C=O) groups is 4. The lowest BCUT2D eigenvalue weighted by molar-refractivity contribution is -0.130. The second kappa shape index (κ2) is 6.98. The topological polar surface area (TPSA) is 117 Å². The van der Waals surface area contributed by atoms with E-state index in [1.54, 1.807) is 36.4 Å². The highest BCUT2D eigenvalue weighted by Crippen LogP contribution is 2.35. The zero-order chi connectivity index (χ0) is 22.6. The summed E-state index contributed by atoms with van der Waals surface area (Å²) >= 11 is 0. The Balaban J connectivity index is 1.49. The van der Waals surface area contributed by atoms with E-state index in [2.05, 4.69) is 10.6 Å². The first kappa shape index (κ1) is 19.9. The van der Waals surface area contributed by atoms with Gasteiger partial charge in [0.05, 0.1) is 20.8 Å². The number of ether oxygens (including phenoxy) is 2. The quantitative estimate of drug-likeness (QED) is 0.672. The molecule has 2 N–H and O–H groups in total. The second-order valence-corrected chi connectivity index (χ2v) is 7.87. The van der Waals surface area contributed by atoms with Gasteiger partial charge in [-0.3, -0.25) is 19.7 Å². The average Bonchev–Trinajstić information content (AvgIpc) is 3.39. The number of hydrogen-bond acceptors (Lipinski definition) is 6. The van der Waals surface area contributed by atoms with Crippen LogP contribution in [0.3, 0.4) is 0 Å². The summed E-state index contributed by atoms with van der Waals surface area (Å²) in [6, 6.07) is 9.40. The Morgan fingerprint density at radius 2 is 1.47 bits per heavy atom. The van der Waals surface area contributed by atoms with Crippen LogP contribution >= 0.6 is 0 Å². The van der Waals surface area contributed by atoms with E-state index in [1.165, 1.54) is 24.0 Å². The van der Waals surface area contributed by atoms with Gasteiger partial charge in [0, 0.05) is 24.2 Å². The van der Waals surface area contributed by atoms with Crippen molar-refractivity contribution in [3.8, 4) is 11.5 Å². The maximum atomic E-state index is 13.2. The number of methoxy groups -OCH3 is 2. The fraction of sp³-hybridized carbons (Fsp3) is 0.273. The molecule has 1 atom stereocenters.